The molecule has 4 aliphatic carbocycles. The van der Waals surface area contributed by atoms with Crippen molar-refractivity contribution >= 4 is 6.29 Å². The first kappa shape index (κ1) is 19.5. The molecule has 5 rings (SSSR count). The second-order valence-corrected chi connectivity index (χ2v) is 11.3. The van der Waals surface area contributed by atoms with Crippen LogP contribution in [0.1, 0.15) is 72.1 Å². The van der Waals surface area contributed by atoms with E-state index in [0.717, 1.165) is 45.3 Å². The molecule has 1 aliphatic heterocycles. The van der Waals surface area contributed by atoms with Gasteiger partial charge in [-0.05, 0) is 78.9 Å². The van der Waals surface area contributed by atoms with Crippen molar-refractivity contribution in [1.82, 2.24) is 0 Å². The quantitative estimate of drug-likeness (QED) is 0.718. The normalized spacial score (nSPS) is 53.3. The molecule has 5 aliphatic rings. The van der Waals surface area contributed by atoms with Crippen molar-refractivity contribution in [3.05, 3.63) is 0 Å². The summed E-state index contributed by atoms with van der Waals surface area (Å²) in [7, 11) is 0. The number of carbonyl (C=O) groups excluding carboxylic acids is 1. The van der Waals surface area contributed by atoms with Crippen molar-refractivity contribution < 1.29 is 19.4 Å². The van der Waals surface area contributed by atoms with Gasteiger partial charge in [-0.15, -0.1) is 0 Å². The average Bonchev–Trinajstić information content (AvgIpc) is 3.27. The van der Waals surface area contributed by atoms with Crippen molar-refractivity contribution in [2.24, 2.45) is 46.3 Å². The van der Waals surface area contributed by atoms with E-state index in [-0.39, 0.29) is 23.2 Å². The first-order chi connectivity index (χ1) is 13.3. The highest BCUT2D eigenvalue weighted by molar-refractivity contribution is 5.53. The van der Waals surface area contributed by atoms with Gasteiger partial charge in [-0.25, -0.2) is 0 Å². The van der Waals surface area contributed by atoms with Gasteiger partial charge in [0.2, 0.25) is 0 Å². The summed E-state index contributed by atoms with van der Waals surface area (Å²) >= 11 is 0. The Morgan fingerprint density at radius 3 is 2.43 bits per heavy atom. The SMILES string of the molecule is C[C@H](C=O)[C@H]1CCC2C3C(CC[C@@]21C)C1(C)CCC2(C[C@@H]1C[C@H]3O)OCCO2. The summed E-state index contributed by atoms with van der Waals surface area (Å²) in [5, 5.41) is 11.4. The van der Waals surface area contributed by atoms with Gasteiger partial charge in [0, 0.05) is 18.8 Å². The Bertz CT molecular complexity index is 628. The molecule has 0 radical (unpaired) electrons. The highest BCUT2D eigenvalue weighted by Gasteiger charge is 2.64. The number of carbonyl (C=O) groups is 1. The maximum atomic E-state index is 11.5. The molecule has 0 bridgehead atoms. The van der Waals surface area contributed by atoms with Gasteiger partial charge in [0.05, 0.1) is 19.3 Å². The summed E-state index contributed by atoms with van der Waals surface area (Å²) in [5.74, 6) is 2.34. The lowest BCUT2D eigenvalue weighted by molar-refractivity contribution is -0.242. The van der Waals surface area contributed by atoms with E-state index in [0.29, 0.717) is 35.0 Å². The molecule has 4 nitrogen and oxygen atoms in total. The molecule has 1 heterocycles. The highest BCUT2D eigenvalue weighted by Crippen LogP contribution is 2.69. The molecule has 1 saturated heterocycles. The van der Waals surface area contributed by atoms with Crippen LogP contribution in [0.4, 0.5) is 0 Å². The van der Waals surface area contributed by atoms with Crippen LogP contribution >= 0.6 is 0 Å². The van der Waals surface area contributed by atoms with E-state index in [1.54, 1.807) is 0 Å². The molecular weight excluding hydrogens is 352 g/mol. The lowest BCUT2D eigenvalue weighted by Crippen LogP contribution is -2.60. The lowest BCUT2D eigenvalue weighted by atomic mass is 9.43. The molecule has 5 fully saturated rings. The van der Waals surface area contributed by atoms with E-state index >= 15 is 0 Å². The van der Waals surface area contributed by atoms with E-state index < -0.39 is 0 Å². The van der Waals surface area contributed by atoms with E-state index in [9.17, 15) is 9.90 Å². The van der Waals surface area contributed by atoms with Gasteiger partial charge in [0.15, 0.2) is 5.79 Å². The van der Waals surface area contributed by atoms with Crippen LogP contribution in [0.2, 0.25) is 0 Å². The first-order valence-electron chi connectivity index (χ1n) is 11.7. The number of hydrogen-bond acceptors (Lipinski definition) is 4. The number of rotatable bonds is 2. The zero-order valence-electron chi connectivity index (χ0n) is 17.9. The summed E-state index contributed by atoms with van der Waals surface area (Å²) in [6.07, 6.45) is 9.73. The van der Waals surface area contributed by atoms with Crippen molar-refractivity contribution in [3.63, 3.8) is 0 Å². The first-order valence-corrected chi connectivity index (χ1v) is 11.7. The Kier molecular flexibility index (Phi) is 4.54. The summed E-state index contributed by atoms with van der Waals surface area (Å²) < 4.78 is 12.1. The molecule has 0 aromatic carbocycles. The van der Waals surface area contributed by atoms with Crippen molar-refractivity contribution in [3.8, 4) is 0 Å². The molecule has 4 unspecified atom stereocenters. The lowest BCUT2D eigenvalue weighted by Gasteiger charge is -2.63. The van der Waals surface area contributed by atoms with Crippen LogP contribution < -0.4 is 0 Å². The largest absolute Gasteiger partial charge is 0.393 e. The zero-order valence-corrected chi connectivity index (χ0v) is 17.9. The van der Waals surface area contributed by atoms with Gasteiger partial charge >= 0.3 is 0 Å². The molecule has 1 spiro atoms. The zero-order chi connectivity index (χ0) is 19.7. The van der Waals surface area contributed by atoms with Gasteiger partial charge < -0.3 is 19.4 Å². The van der Waals surface area contributed by atoms with E-state index in [2.05, 4.69) is 20.8 Å². The van der Waals surface area contributed by atoms with Crippen LogP contribution in [0.25, 0.3) is 0 Å². The maximum absolute atomic E-state index is 11.5. The summed E-state index contributed by atoms with van der Waals surface area (Å²) in [6, 6.07) is 0. The molecule has 9 atom stereocenters. The van der Waals surface area contributed by atoms with E-state index in [1.807, 2.05) is 0 Å². The molecular formula is C24H38O4. The molecule has 1 N–H and O–H groups in total. The van der Waals surface area contributed by atoms with Crippen molar-refractivity contribution in [2.45, 2.75) is 84.0 Å². The summed E-state index contributed by atoms with van der Waals surface area (Å²) in [5.41, 5.74) is 0.513. The number of aliphatic hydroxyl groups is 1. The van der Waals surface area contributed by atoms with Crippen molar-refractivity contribution in [2.75, 3.05) is 13.2 Å². The second-order valence-electron chi connectivity index (χ2n) is 11.3. The van der Waals surface area contributed by atoms with Gasteiger partial charge in [0.1, 0.15) is 6.29 Å². The maximum Gasteiger partial charge on any atom is 0.168 e. The van der Waals surface area contributed by atoms with Crippen LogP contribution in [-0.2, 0) is 14.3 Å². The van der Waals surface area contributed by atoms with E-state index in [1.165, 1.54) is 25.5 Å². The number of hydrogen-bond donors (Lipinski definition) is 1. The predicted molar refractivity (Wildman–Crippen MR) is 106 cm³/mol. The number of aldehydes is 1. The van der Waals surface area contributed by atoms with Crippen LogP contribution in [0.5, 0.6) is 0 Å². The standard InChI is InChI=1S/C24H38O4/c1-15(14-25)17-4-5-18-21-19(6-7-23(17,18)3)22(2)8-9-24(27-10-11-28-24)13-16(22)12-20(21)26/h14-21,26H,4-13H2,1-3H3/t15-,16+,17-,18?,19?,20-,21?,22?,23-/m1/s1. The van der Waals surface area contributed by atoms with Gasteiger partial charge in [-0.1, -0.05) is 20.8 Å². The third-order valence-corrected chi connectivity index (χ3v) is 10.4. The Balaban J connectivity index is 1.42. The molecule has 0 aromatic rings. The molecule has 158 valence electrons. The summed E-state index contributed by atoms with van der Waals surface area (Å²) in [6.45, 7) is 8.48. The highest BCUT2D eigenvalue weighted by atomic mass is 16.7. The topological polar surface area (TPSA) is 55.8 Å². The number of aliphatic hydroxyl groups excluding tert-OH is 1. The number of ether oxygens (including phenoxy) is 2. The minimum absolute atomic E-state index is 0.141. The Morgan fingerprint density at radius 2 is 1.71 bits per heavy atom. The van der Waals surface area contributed by atoms with Gasteiger partial charge in [-0.3, -0.25) is 0 Å². The third kappa shape index (κ3) is 2.56. The Labute approximate surface area is 169 Å². The molecule has 28 heavy (non-hydrogen) atoms. The van der Waals surface area contributed by atoms with Crippen LogP contribution in [-0.4, -0.2) is 36.5 Å². The Hall–Kier alpha value is -0.450. The number of fused-ring (bicyclic) bond motifs is 5. The summed E-state index contributed by atoms with van der Waals surface area (Å²) in [4.78, 5) is 11.5. The minimum Gasteiger partial charge on any atom is -0.393 e. The van der Waals surface area contributed by atoms with Crippen LogP contribution in [0.15, 0.2) is 0 Å². The van der Waals surface area contributed by atoms with Crippen LogP contribution in [0, 0.1) is 46.3 Å². The molecule has 4 saturated carbocycles. The average molecular weight is 391 g/mol. The fourth-order valence-corrected chi connectivity index (χ4v) is 8.92. The smallest absolute Gasteiger partial charge is 0.168 e. The Morgan fingerprint density at radius 1 is 1.00 bits per heavy atom. The van der Waals surface area contributed by atoms with E-state index in [4.69, 9.17) is 9.47 Å². The molecule has 4 heteroatoms. The molecule has 0 amide bonds. The van der Waals surface area contributed by atoms with Crippen molar-refractivity contribution in [1.29, 1.82) is 0 Å². The predicted octanol–water partition coefficient (Wildman–Crippen LogP) is 4.19. The molecule has 0 aromatic heterocycles. The minimum atomic E-state index is -0.363. The monoisotopic (exact) mass is 390 g/mol. The fourth-order valence-electron chi connectivity index (χ4n) is 8.92. The van der Waals surface area contributed by atoms with Crippen LogP contribution in [0.3, 0.4) is 0 Å². The fraction of sp³-hybridized carbons (Fsp3) is 0.958. The van der Waals surface area contributed by atoms with Gasteiger partial charge in [-0.2, -0.15) is 0 Å². The third-order valence-electron chi connectivity index (χ3n) is 10.4. The van der Waals surface area contributed by atoms with Gasteiger partial charge in [0.25, 0.3) is 0 Å². The second kappa shape index (κ2) is 6.52.